The summed E-state index contributed by atoms with van der Waals surface area (Å²) in [7, 11) is 2.20. The van der Waals surface area contributed by atoms with Crippen LogP contribution in [0.4, 0.5) is 0 Å². The highest BCUT2D eigenvalue weighted by Gasteiger charge is 2.41. The summed E-state index contributed by atoms with van der Waals surface area (Å²) >= 11 is 0. The number of nitrogens with zero attached hydrogens (tertiary/aromatic N) is 2. The van der Waals surface area contributed by atoms with E-state index in [4.69, 9.17) is 0 Å². The van der Waals surface area contributed by atoms with Gasteiger partial charge in [-0.2, -0.15) is 0 Å². The Kier molecular flexibility index (Phi) is 2.19. The molecule has 1 aromatic heterocycles. The quantitative estimate of drug-likeness (QED) is 0.785. The summed E-state index contributed by atoms with van der Waals surface area (Å²) in [5.41, 5.74) is 3.25. The van der Waals surface area contributed by atoms with E-state index in [-0.39, 0.29) is 0 Å². The molecule has 2 aliphatic rings. The average Bonchev–Trinajstić information content (AvgIpc) is 2.72. The number of para-hydroxylation sites is 1. The number of likely N-dealkylation sites (N-methyl/N-ethyl adjacent to an activating group) is 1. The second-order valence-electron chi connectivity index (χ2n) is 6.22. The molecule has 3 heterocycles. The zero-order chi connectivity index (χ0) is 13.2. The fourth-order valence-electron chi connectivity index (χ4n) is 3.99. The van der Waals surface area contributed by atoms with Crippen LogP contribution in [0.2, 0.25) is 0 Å². The van der Waals surface area contributed by atoms with Crippen LogP contribution in [0, 0.1) is 0 Å². The van der Waals surface area contributed by atoms with Gasteiger partial charge in [0.1, 0.15) is 5.72 Å². The molecular weight excluding hydrogens is 236 g/mol. The minimum absolute atomic E-state index is 0.469. The van der Waals surface area contributed by atoms with Crippen LogP contribution in [0.5, 0.6) is 0 Å². The molecule has 3 nitrogen and oxygen atoms in total. The molecule has 2 atom stereocenters. The van der Waals surface area contributed by atoms with E-state index in [1.54, 1.807) is 0 Å². The van der Waals surface area contributed by atoms with Gasteiger partial charge in [-0.25, -0.2) is 0 Å². The summed E-state index contributed by atoms with van der Waals surface area (Å²) in [6.07, 6.45) is 2.96. The highest BCUT2D eigenvalue weighted by molar-refractivity contribution is 5.86. The highest BCUT2D eigenvalue weighted by atomic mass is 16.3. The first-order chi connectivity index (χ1) is 9.09. The largest absolute Gasteiger partial charge is 0.371 e. The Morgan fingerprint density at radius 3 is 2.95 bits per heavy atom. The standard InChI is InChI=1S/C16H20N2O/c1-16(19)9-7-14-15-12(8-10-17(14)2)11-5-3-4-6-13(11)18(15)16/h3-6,14,19H,7-10H2,1-2H3. The monoisotopic (exact) mass is 256 g/mol. The normalized spacial score (nSPS) is 30.6. The molecule has 0 amide bonds. The summed E-state index contributed by atoms with van der Waals surface area (Å²) in [6, 6.07) is 8.99. The zero-order valence-corrected chi connectivity index (χ0v) is 11.6. The Morgan fingerprint density at radius 2 is 2.11 bits per heavy atom. The molecule has 0 saturated heterocycles. The van der Waals surface area contributed by atoms with Gasteiger partial charge in [-0.1, -0.05) is 18.2 Å². The van der Waals surface area contributed by atoms with Crippen molar-refractivity contribution in [1.29, 1.82) is 0 Å². The minimum Gasteiger partial charge on any atom is -0.371 e. The Bertz CT molecular complexity index is 656. The Hall–Kier alpha value is -1.32. The fraction of sp³-hybridized carbons (Fsp3) is 0.500. The number of rotatable bonds is 0. The summed E-state index contributed by atoms with van der Waals surface area (Å²) in [4.78, 5) is 2.44. The smallest absolute Gasteiger partial charge is 0.139 e. The van der Waals surface area contributed by atoms with Crippen LogP contribution in [0.3, 0.4) is 0 Å². The molecule has 19 heavy (non-hydrogen) atoms. The number of benzene rings is 1. The molecule has 0 bridgehead atoms. The SMILES string of the molecule is CN1CCc2c3n(c4ccccc24)C(C)(O)CCC31. The lowest BCUT2D eigenvalue weighted by atomic mass is 9.89. The highest BCUT2D eigenvalue weighted by Crippen LogP contribution is 2.46. The van der Waals surface area contributed by atoms with Crippen molar-refractivity contribution in [1.82, 2.24) is 9.47 Å². The molecular formula is C16H20N2O. The maximum atomic E-state index is 10.8. The first-order valence-electron chi connectivity index (χ1n) is 7.15. The molecule has 2 aliphatic heterocycles. The van der Waals surface area contributed by atoms with Crippen LogP contribution < -0.4 is 0 Å². The first kappa shape index (κ1) is 11.5. The molecule has 3 heteroatoms. The van der Waals surface area contributed by atoms with E-state index in [1.165, 1.54) is 22.2 Å². The summed E-state index contributed by atoms with van der Waals surface area (Å²) in [5, 5.41) is 12.1. The lowest BCUT2D eigenvalue weighted by Gasteiger charge is -2.43. The van der Waals surface area contributed by atoms with Gasteiger partial charge >= 0.3 is 0 Å². The van der Waals surface area contributed by atoms with Crippen LogP contribution in [-0.2, 0) is 12.1 Å². The number of aliphatic hydroxyl groups is 1. The number of fused-ring (bicyclic) bond motifs is 3. The molecule has 1 aromatic carbocycles. The van der Waals surface area contributed by atoms with E-state index in [9.17, 15) is 5.11 Å². The van der Waals surface area contributed by atoms with Gasteiger partial charge in [0, 0.05) is 17.6 Å². The van der Waals surface area contributed by atoms with Gasteiger partial charge in [-0.05, 0) is 44.9 Å². The van der Waals surface area contributed by atoms with E-state index < -0.39 is 5.72 Å². The zero-order valence-electron chi connectivity index (χ0n) is 11.6. The van der Waals surface area contributed by atoms with Crippen molar-refractivity contribution >= 4 is 10.9 Å². The van der Waals surface area contributed by atoms with Crippen molar-refractivity contribution in [3.63, 3.8) is 0 Å². The van der Waals surface area contributed by atoms with E-state index in [2.05, 4.69) is 40.8 Å². The van der Waals surface area contributed by atoms with Crippen LogP contribution in [0.15, 0.2) is 24.3 Å². The topological polar surface area (TPSA) is 28.4 Å². The van der Waals surface area contributed by atoms with Gasteiger partial charge in [-0.3, -0.25) is 4.90 Å². The van der Waals surface area contributed by atoms with Gasteiger partial charge in [-0.15, -0.1) is 0 Å². The predicted molar refractivity (Wildman–Crippen MR) is 76.1 cm³/mol. The van der Waals surface area contributed by atoms with Gasteiger partial charge in [0.05, 0.1) is 11.6 Å². The predicted octanol–water partition coefficient (Wildman–Crippen LogP) is 2.63. The van der Waals surface area contributed by atoms with Crippen molar-refractivity contribution in [2.45, 2.75) is 38.0 Å². The van der Waals surface area contributed by atoms with Crippen molar-refractivity contribution in [2.24, 2.45) is 0 Å². The first-order valence-corrected chi connectivity index (χ1v) is 7.15. The minimum atomic E-state index is -0.748. The number of hydrogen-bond acceptors (Lipinski definition) is 2. The van der Waals surface area contributed by atoms with Gasteiger partial charge < -0.3 is 9.67 Å². The molecule has 2 aromatic rings. The van der Waals surface area contributed by atoms with Gasteiger partial charge in [0.25, 0.3) is 0 Å². The third-order valence-corrected chi connectivity index (χ3v) is 4.96. The Labute approximate surface area is 113 Å². The Balaban J connectivity index is 2.13. The maximum absolute atomic E-state index is 10.8. The fourth-order valence-corrected chi connectivity index (χ4v) is 3.99. The molecule has 0 saturated carbocycles. The Morgan fingerprint density at radius 1 is 1.32 bits per heavy atom. The molecule has 0 radical (unpaired) electrons. The average molecular weight is 256 g/mol. The lowest BCUT2D eigenvalue weighted by molar-refractivity contribution is -0.0515. The maximum Gasteiger partial charge on any atom is 0.139 e. The summed E-state index contributed by atoms with van der Waals surface area (Å²) in [6.45, 7) is 3.07. The van der Waals surface area contributed by atoms with Crippen LogP contribution in [0.1, 0.15) is 37.1 Å². The van der Waals surface area contributed by atoms with Gasteiger partial charge in [0.15, 0.2) is 0 Å². The molecule has 0 aliphatic carbocycles. The van der Waals surface area contributed by atoms with Crippen molar-refractivity contribution in [3.05, 3.63) is 35.5 Å². The van der Waals surface area contributed by atoms with Crippen molar-refractivity contribution in [2.75, 3.05) is 13.6 Å². The molecule has 4 rings (SSSR count). The second kappa shape index (κ2) is 3.62. The van der Waals surface area contributed by atoms with Gasteiger partial charge in [0.2, 0.25) is 0 Å². The molecule has 100 valence electrons. The summed E-state index contributed by atoms with van der Waals surface area (Å²) in [5.74, 6) is 0. The molecule has 0 fully saturated rings. The van der Waals surface area contributed by atoms with E-state index in [1.807, 2.05) is 6.92 Å². The third-order valence-electron chi connectivity index (χ3n) is 4.96. The summed E-state index contributed by atoms with van der Waals surface area (Å²) < 4.78 is 2.20. The second-order valence-corrected chi connectivity index (χ2v) is 6.22. The van der Waals surface area contributed by atoms with Crippen LogP contribution in [-0.4, -0.2) is 28.2 Å². The van der Waals surface area contributed by atoms with Crippen LogP contribution in [0.25, 0.3) is 10.9 Å². The lowest BCUT2D eigenvalue weighted by Crippen LogP contribution is -2.43. The van der Waals surface area contributed by atoms with Crippen LogP contribution >= 0.6 is 0 Å². The molecule has 2 unspecified atom stereocenters. The number of aromatic nitrogens is 1. The van der Waals surface area contributed by atoms with Crippen molar-refractivity contribution < 1.29 is 5.11 Å². The van der Waals surface area contributed by atoms with E-state index in [0.717, 1.165) is 25.8 Å². The van der Waals surface area contributed by atoms with E-state index >= 15 is 0 Å². The molecule has 1 N–H and O–H groups in total. The van der Waals surface area contributed by atoms with Crippen molar-refractivity contribution in [3.8, 4) is 0 Å². The molecule has 0 spiro atoms. The van der Waals surface area contributed by atoms with E-state index in [0.29, 0.717) is 6.04 Å². The third kappa shape index (κ3) is 1.40. The number of hydrogen-bond donors (Lipinski definition) is 1.